The summed E-state index contributed by atoms with van der Waals surface area (Å²) in [5.41, 5.74) is 0.637. The molecule has 1 amide bonds. The molecule has 8 heteroatoms. The number of halogens is 2. The first-order valence-corrected chi connectivity index (χ1v) is 8.84. The fourth-order valence-electron chi connectivity index (χ4n) is 2.85. The maximum Gasteiger partial charge on any atom is 0.387 e. The molecule has 0 aromatic heterocycles. The largest absolute Gasteiger partial charge is 0.493 e. The number of methoxy groups -OCH3 is 1. The summed E-state index contributed by atoms with van der Waals surface area (Å²) in [6, 6.07) is 4.64. The Morgan fingerprint density at radius 3 is 2.59 bits per heavy atom. The van der Waals surface area contributed by atoms with Crippen LogP contribution in [0.1, 0.15) is 19.4 Å². The number of benzene rings is 1. The number of alkyl halides is 2. The van der Waals surface area contributed by atoms with E-state index in [2.05, 4.69) is 21.9 Å². The van der Waals surface area contributed by atoms with Crippen LogP contribution in [0.3, 0.4) is 0 Å². The molecule has 2 atom stereocenters. The fraction of sp³-hybridized carbons (Fsp3) is 0.526. The minimum Gasteiger partial charge on any atom is -0.493 e. The third-order valence-electron chi connectivity index (χ3n) is 4.55. The molecule has 0 saturated carbocycles. The Kier molecular flexibility index (Phi) is 7.99. The monoisotopic (exact) mass is 384 g/mol. The summed E-state index contributed by atoms with van der Waals surface area (Å²) in [4.78, 5) is 14.5. The number of ether oxygens (including phenoxy) is 3. The number of nitrogens with zero attached hydrogens (tertiary/aromatic N) is 1. The minimum absolute atomic E-state index is 0.0309. The van der Waals surface area contributed by atoms with Crippen molar-refractivity contribution in [2.24, 2.45) is 0 Å². The van der Waals surface area contributed by atoms with E-state index < -0.39 is 6.61 Å². The maximum atomic E-state index is 12.4. The summed E-state index contributed by atoms with van der Waals surface area (Å²) >= 11 is 0. The van der Waals surface area contributed by atoms with E-state index >= 15 is 0 Å². The van der Waals surface area contributed by atoms with Crippen LogP contribution in [-0.4, -0.2) is 62.9 Å². The molecular formula is C19H26F2N2O4. The van der Waals surface area contributed by atoms with E-state index in [1.807, 2.05) is 6.92 Å². The van der Waals surface area contributed by atoms with Crippen LogP contribution < -0.4 is 14.8 Å². The molecule has 1 fully saturated rings. The van der Waals surface area contributed by atoms with Gasteiger partial charge in [0, 0.05) is 31.2 Å². The quantitative estimate of drug-likeness (QED) is 0.698. The third kappa shape index (κ3) is 6.48. The van der Waals surface area contributed by atoms with Crippen molar-refractivity contribution in [3.63, 3.8) is 0 Å². The Morgan fingerprint density at radius 1 is 1.26 bits per heavy atom. The number of hydrogen-bond donors (Lipinski definition) is 1. The maximum absolute atomic E-state index is 12.4. The summed E-state index contributed by atoms with van der Waals surface area (Å²) in [7, 11) is 1.36. The zero-order chi connectivity index (χ0) is 19.8. The van der Waals surface area contributed by atoms with Gasteiger partial charge in [-0.1, -0.05) is 6.07 Å². The van der Waals surface area contributed by atoms with Crippen LogP contribution in [0, 0.1) is 0 Å². The molecule has 150 valence electrons. The standard InChI is InChI=1S/C19H26F2N2O4/c1-13(14(2)23-8-10-26-11-9-23)22-18(24)7-5-15-4-6-16(27-19(20)21)17(12-15)25-3/h4-7,12-14,19H,8-11H2,1-3H3,(H,22,24). The van der Waals surface area contributed by atoms with Gasteiger partial charge in [0.2, 0.25) is 5.91 Å². The van der Waals surface area contributed by atoms with Gasteiger partial charge in [0.15, 0.2) is 11.5 Å². The zero-order valence-electron chi connectivity index (χ0n) is 15.8. The molecule has 2 rings (SSSR count). The molecule has 1 heterocycles. The number of carbonyl (C=O) groups excluding carboxylic acids is 1. The number of nitrogens with one attached hydrogen (secondary N) is 1. The predicted molar refractivity (Wildman–Crippen MR) is 98.1 cm³/mol. The summed E-state index contributed by atoms with van der Waals surface area (Å²) < 4.78 is 39.5. The molecule has 1 saturated heterocycles. The molecule has 2 unspecified atom stereocenters. The molecule has 0 aliphatic carbocycles. The van der Waals surface area contributed by atoms with Gasteiger partial charge in [-0.25, -0.2) is 0 Å². The number of amides is 1. The predicted octanol–water partition coefficient (Wildman–Crippen LogP) is 2.54. The van der Waals surface area contributed by atoms with Gasteiger partial charge in [-0.2, -0.15) is 8.78 Å². The lowest BCUT2D eigenvalue weighted by Gasteiger charge is -2.35. The lowest BCUT2D eigenvalue weighted by atomic mass is 10.1. The second-order valence-electron chi connectivity index (χ2n) is 6.31. The van der Waals surface area contributed by atoms with Crippen LogP contribution in [0.5, 0.6) is 11.5 Å². The topological polar surface area (TPSA) is 60.0 Å². The third-order valence-corrected chi connectivity index (χ3v) is 4.55. The van der Waals surface area contributed by atoms with Gasteiger partial charge in [0.1, 0.15) is 0 Å². The first-order valence-electron chi connectivity index (χ1n) is 8.84. The van der Waals surface area contributed by atoms with E-state index in [1.165, 1.54) is 25.3 Å². The van der Waals surface area contributed by atoms with E-state index in [-0.39, 0.29) is 29.5 Å². The highest BCUT2D eigenvalue weighted by Crippen LogP contribution is 2.29. The molecule has 0 bridgehead atoms. The Labute approximate surface area is 158 Å². The first kappa shape index (κ1) is 21.1. The molecule has 1 aliphatic rings. The number of hydrogen-bond acceptors (Lipinski definition) is 5. The Morgan fingerprint density at radius 2 is 1.96 bits per heavy atom. The molecule has 0 radical (unpaired) electrons. The average molecular weight is 384 g/mol. The van der Waals surface area contributed by atoms with Crippen molar-refractivity contribution < 1.29 is 27.8 Å². The average Bonchev–Trinajstić information content (AvgIpc) is 2.66. The highest BCUT2D eigenvalue weighted by atomic mass is 19.3. The van der Waals surface area contributed by atoms with Crippen molar-refractivity contribution in [1.82, 2.24) is 10.2 Å². The van der Waals surface area contributed by atoms with Crippen LogP contribution in [0.15, 0.2) is 24.3 Å². The van der Waals surface area contributed by atoms with Gasteiger partial charge >= 0.3 is 6.61 Å². The van der Waals surface area contributed by atoms with E-state index in [9.17, 15) is 13.6 Å². The van der Waals surface area contributed by atoms with E-state index in [0.29, 0.717) is 18.8 Å². The number of carbonyl (C=O) groups is 1. The summed E-state index contributed by atoms with van der Waals surface area (Å²) in [6.07, 6.45) is 3.00. The Bertz CT molecular complexity index is 649. The fourth-order valence-corrected chi connectivity index (χ4v) is 2.85. The molecule has 1 aromatic rings. The van der Waals surface area contributed by atoms with Gasteiger partial charge in [0.05, 0.1) is 20.3 Å². The lowest BCUT2D eigenvalue weighted by molar-refractivity contribution is -0.117. The molecule has 1 aromatic carbocycles. The van der Waals surface area contributed by atoms with Crippen LogP contribution in [0.2, 0.25) is 0 Å². The second-order valence-corrected chi connectivity index (χ2v) is 6.31. The van der Waals surface area contributed by atoms with Gasteiger partial charge in [0.25, 0.3) is 0 Å². The summed E-state index contributed by atoms with van der Waals surface area (Å²) in [5, 5.41) is 2.95. The molecule has 6 nitrogen and oxygen atoms in total. The van der Waals surface area contributed by atoms with Crippen molar-refractivity contribution in [1.29, 1.82) is 0 Å². The van der Waals surface area contributed by atoms with Gasteiger partial charge in [-0.05, 0) is 37.6 Å². The van der Waals surface area contributed by atoms with Crippen LogP contribution in [0.4, 0.5) is 8.78 Å². The molecular weight excluding hydrogens is 358 g/mol. The van der Waals surface area contributed by atoms with Crippen molar-refractivity contribution in [3.8, 4) is 11.5 Å². The first-order chi connectivity index (χ1) is 12.9. The lowest BCUT2D eigenvalue weighted by Crippen LogP contribution is -2.51. The Hall–Kier alpha value is -2.19. The van der Waals surface area contributed by atoms with Crippen molar-refractivity contribution >= 4 is 12.0 Å². The van der Waals surface area contributed by atoms with Gasteiger partial charge in [-0.3, -0.25) is 9.69 Å². The smallest absolute Gasteiger partial charge is 0.387 e. The Balaban J connectivity index is 1.93. The SMILES string of the molecule is COc1cc(C=CC(=O)NC(C)C(C)N2CCOCC2)ccc1OC(F)F. The van der Waals surface area contributed by atoms with E-state index in [0.717, 1.165) is 13.1 Å². The highest BCUT2D eigenvalue weighted by Gasteiger charge is 2.22. The van der Waals surface area contributed by atoms with E-state index in [1.54, 1.807) is 12.1 Å². The second kappa shape index (κ2) is 10.2. The highest BCUT2D eigenvalue weighted by molar-refractivity contribution is 5.92. The van der Waals surface area contributed by atoms with Crippen LogP contribution in [0.25, 0.3) is 6.08 Å². The van der Waals surface area contributed by atoms with Crippen molar-refractivity contribution in [2.45, 2.75) is 32.5 Å². The summed E-state index contributed by atoms with van der Waals surface area (Å²) in [5.74, 6) is -0.108. The normalized spacial score (nSPS) is 17.7. The van der Waals surface area contributed by atoms with Crippen LogP contribution >= 0.6 is 0 Å². The molecule has 1 N–H and O–H groups in total. The summed E-state index contributed by atoms with van der Waals surface area (Å²) in [6.45, 7) is 4.23. The van der Waals surface area contributed by atoms with Crippen LogP contribution in [-0.2, 0) is 9.53 Å². The van der Waals surface area contributed by atoms with Gasteiger partial charge < -0.3 is 19.5 Å². The number of morpholine rings is 1. The van der Waals surface area contributed by atoms with Gasteiger partial charge in [-0.15, -0.1) is 0 Å². The molecule has 1 aliphatic heterocycles. The molecule has 0 spiro atoms. The molecule has 27 heavy (non-hydrogen) atoms. The number of rotatable bonds is 8. The van der Waals surface area contributed by atoms with Crippen molar-refractivity contribution in [2.75, 3.05) is 33.4 Å². The van der Waals surface area contributed by atoms with E-state index in [4.69, 9.17) is 9.47 Å². The van der Waals surface area contributed by atoms with Crippen molar-refractivity contribution in [3.05, 3.63) is 29.8 Å². The zero-order valence-corrected chi connectivity index (χ0v) is 15.8. The minimum atomic E-state index is -2.93.